The Kier molecular flexibility index (Phi) is 12.1. The van der Waals surface area contributed by atoms with E-state index in [2.05, 4.69) is 10.3 Å². The Morgan fingerprint density at radius 2 is 1.45 bits per heavy atom. The van der Waals surface area contributed by atoms with Crippen LogP contribution < -0.4 is 11.1 Å². The first-order chi connectivity index (χ1) is 22.1. The van der Waals surface area contributed by atoms with Crippen molar-refractivity contribution in [2.24, 2.45) is 10.7 Å². The van der Waals surface area contributed by atoms with Crippen LogP contribution in [-0.4, -0.2) is 81.1 Å². The lowest BCUT2D eigenvalue weighted by molar-refractivity contribution is -0.385. The van der Waals surface area contributed by atoms with Gasteiger partial charge in [0.1, 0.15) is 18.8 Å². The number of nitrogens with one attached hydrogen (secondary N) is 1. The quantitative estimate of drug-likeness (QED) is 0.116. The number of hydrogen-bond acceptors (Lipinski definition) is 11. The molecule has 0 bridgehead atoms. The molecule has 47 heavy (non-hydrogen) atoms. The van der Waals surface area contributed by atoms with E-state index in [1.54, 1.807) is 20.8 Å². The van der Waals surface area contributed by atoms with Gasteiger partial charge in [0.2, 0.25) is 11.9 Å². The molecular weight excluding hydrogens is 622 g/mol. The number of carbonyl (C=O) groups is 4. The van der Waals surface area contributed by atoms with Crippen LogP contribution in [-0.2, 0) is 32.2 Å². The van der Waals surface area contributed by atoms with Crippen LogP contribution in [0.25, 0.3) is 0 Å². The number of guanidine groups is 1. The number of likely N-dealkylation sites (tertiary alicyclic amines) is 1. The minimum Gasteiger partial charge on any atom is -0.444 e. The zero-order chi connectivity index (χ0) is 34.7. The average Bonchev–Trinajstić information content (AvgIpc) is 2.98. The lowest BCUT2D eigenvalue weighted by Gasteiger charge is -2.40. The minimum absolute atomic E-state index is 0.0487. The van der Waals surface area contributed by atoms with Gasteiger partial charge in [-0.15, -0.1) is 4.99 Å². The number of aliphatic imine (C=N–C) groups is 1. The van der Waals surface area contributed by atoms with Gasteiger partial charge in [0, 0.05) is 50.3 Å². The van der Waals surface area contributed by atoms with Gasteiger partial charge in [0.25, 0.3) is 11.4 Å². The molecule has 18 nitrogen and oxygen atoms in total. The zero-order valence-corrected chi connectivity index (χ0v) is 26.0. The van der Waals surface area contributed by atoms with Crippen molar-refractivity contribution in [1.29, 1.82) is 0 Å². The molecule has 0 aliphatic carbocycles. The molecule has 0 radical (unpaired) electrons. The Morgan fingerprint density at radius 3 is 1.94 bits per heavy atom. The summed E-state index contributed by atoms with van der Waals surface area (Å²) in [5.74, 6) is -0.934. The second-order valence-corrected chi connectivity index (χ2v) is 11.3. The number of non-ortho nitro benzene ring substituents is 2. The Morgan fingerprint density at radius 1 is 0.936 bits per heavy atom. The van der Waals surface area contributed by atoms with Crippen LogP contribution in [0.15, 0.2) is 53.5 Å². The van der Waals surface area contributed by atoms with Crippen LogP contribution in [0.1, 0.15) is 44.7 Å². The maximum Gasteiger partial charge on any atom is 0.437 e. The Labute approximate surface area is 268 Å². The van der Waals surface area contributed by atoms with Crippen molar-refractivity contribution in [2.45, 2.75) is 58.5 Å². The van der Waals surface area contributed by atoms with Gasteiger partial charge in [-0.3, -0.25) is 25.0 Å². The third-order valence-corrected chi connectivity index (χ3v) is 6.41. The van der Waals surface area contributed by atoms with Crippen LogP contribution >= 0.6 is 0 Å². The summed E-state index contributed by atoms with van der Waals surface area (Å²) in [7, 11) is 0. The number of nitrogens with zero attached hydrogens (tertiary/aromatic N) is 5. The normalized spacial score (nSPS) is 13.2. The van der Waals surface area contributed by atoms with Gasteiger partial charge in [-0.1, -0.05) is 0 Å². The lowest BCUT2D eigenvalue weighted by atomic mass is 10.1. The number of benzene rings is 2. The third-order valence-electron chi connectivity index (χ3n) is 6.41. The highest BCUT2D eigenvalue weighted by atomic mass is 16.6. The number of ether oxygens (including phenoxy) is 3. The molecule has 1 aliphatic heterocycles. The molecule has 18 heteroatoms. The Hall–Kier alpha value is -5.81. The van der Waals surface area contributed by atoms with Crippen LogP contribution in [0.5, 0.6) is 0 Å². The summed E-state index contributed by atoms with van der Waals surface area (Å²) in [5, 5.41) is 24.5. The Bertz CT molecular complexity index is 1500. The van der Waals surface area contributed by atoms with Gasteiger partial charge in [-0.2, -0.15) is 0 Å². The van der Waals surface area contributed by atoms with E-state index in [0.29, 0.717) is 11.1 Å². The van der Waals surface area contributed by atoms with Crippen LogP contribution in [0.4, 0.5) is 25.8 Å². The maximum absolute atomic E-state index is 13.0. The molecule has 0 saturated carbocycles. The fraction of sp³-hybridized carbons (Fsp3) is 0.414. The highest BCUT2D eigenvalue weighted by molar-refractivity contribution is 5.98. The van der Waals surface area contributed by atoms with Crippen molar-refractivity contribution in [1.82, 2.24) is 15.1 Å². The standard InChI is InChI=1S/C29H35N7O11/c1-29(2,3)47-27(39)33-15-21(16-33)31-24(37)5-4-14-34(28(40)46-18-20-8-12-23(13-9-20)36(43)44)25(30)32-26(38)45-17-19-6-10-22(11-7-19)35(41)42/h6-13,21H,4-5,14-18H2,1-3H3,(H,31,37)(H2,30,32,38). The SMILES string of the molecule is CC(C)(C)OC(=O)N1CC(NC(=O)CCCN(C(=O)OCc2ccc([N+](=O)[O-])cc2)C(N)=NC(=O)OCc2ccc([N+](=O)[O-])cc2)C1. The van der Waals surface area contributed by atoms with Gasteiger partial charge in [0.05, 0.1) is 15.9 Å². The van der Waals surface area contributed by atoms with E-state index < -0.39 is 39.7 Å². The monoisotopic (exact) mass is 657 g/mol. The van der Waals surface area contributed by atoms with E-state index in [0.717, 1.165) is 4.90 Å². The summed E-state index contributed by atoms with van der Waals surface area (Å²) >= 11 is 0. The first-order valence-corrected chi connectivity index (χ1v) is 14.3. The summed E-state index contributed by atoms with van der Waals surface area (Å²) < 4.78 is 15.6. The van der Waals surface area contributed by atoms with E-state index in [9.17, 15) is 39.4 Å². The number of nitrogens with two attached hydrogens (primary N) is 1. The molecule has 0 unspecified atom stereocenters. The number of nitro benzene ring substituents is 2. The number of nitro groups is 2. The summed E-state index contributed by atoms with van der Waals surface area (Å²) in [4.78, 5) is 76.4. The molecule has 1 aliphatic rings. The predicted octanol–water partition coefficient (Wildman–Crippen LogP) is 3.61. The van der Waals surface area contributed by atoms with E-state index in [4.69, 9.17) is 19.9 Å². The summed E-state index contributed by atoms with van der Waals surface area (Å²) in [6, 6.07) is 10.3. The molecular formula is C29H35N7O11. The molecule has 1 heterocycles. The molecule has 2 aromatic carbocycles. The van der Waals surface area contributed by atoms with Gasteiger partial charge in [0.15, 0.2) is 0 Å². The number of carbonyl (C=O) groups excluding carboxylic acids is 4. The first-order valence-electron chi connectivity index (χ1n) is 14.3. The van der Waals surface area contributed by atoms with Crippen molar-refractivity contribution in [3.8, 4) is 0 Å². The van der Waals surface area contributed by atoms with E-state index in [1.165, 1.54) is 53.4 Å². The summed E-state index contributed by atoms with van der Waals surface area (Å²) in [6.45, 7) is 5.05. The predicted molar refractivity (Wildman–Crippen MR) is 164 cm³/mol. The molecule has 4 amide bonds. The second kappa shape index (κ2) is 16.0. The molecule has 0 aromatic heterocycles. The lowest BCUT2D eigenvalue weighted by Crippen LogP contribution is -2.61. The fourth-order valence-electron chi connectivity index (χ4n) is 4.02. The highest BCUT2D eigenvalue weighted by Gasteiger charge is 2.34. The van der Waals surface area contributed by atoms with Crippen molar-refractivity contribution in [3.05, 3.63) is 79.9 Å². The molecule has 0 spiro atoms. The summed E-state index contributed by atoms with van der Waals surface area (Å²) in [6.07, 6.45) is -2.62. The van der Waals surface area contributed by atoms with Crippen molar-refractivity contribution >= 4 is 41.5 Å². The van der Waals surface area contributed by atoms with Crippen molar-refractivity contribution in [2.75, 3.05) is 19.6 Å². The summed E-state index contributed by atoms with van der Waals surface area (Å²) in [5.41, 5.74) is 5.88. The zero-order valence-electron chi connectivity index (χ0n) is 26.0. The Balaban J connectivity index is 1.57. The topological polar surface area (TPSA) is 239 Å². The second-order valence-electron chi connectivity index (χ2n) is 11.3. The first kappa shape index (κ1) is 35.7. The van der Waals surface area contributed by atoms with Gasteiger partial charge >= 0.3 is 18.3 Å². The van der Waals surface area contributed by atoms with Crippen molar-refractivity contribution in [3.63, 3.8) is 0 Å². The molecule has 3 N–H and O–H groups in total. The molecule has 3 rings (SSSR count). The smallest absolute Gasteiger partial charge is 0.437 e. The fourth-order valence-corrected chi connectivity index (χ4v) is 4.02. The van der Waals surface area contributed by atoms with Crippen molar-refractivity contribution < 1.29 is 43.2 Å². The van der Waals surface area contributed by atoms with Gasteiger partial charge < -0.3 is 30.2 Å². The van der Waals surface area contributed by atoms with E-state index in [1.807, 2.05) is 0 Å². The molecule has 2 aromatic rings. The van der Waals surface area contributed by atoms with Crippen LogP contribution in [0.2, 0.25) is 0 Å². The van der Waals surface area contributed by atoms with Crippen LogP contribution in [0, 0.1) is 20.2 Å². The van der Waals surface area contributed by atoms with Gasteiger partial charge in [-0.25, -0.2) is 19.3 Å². The maximum atomic E-state index is 13.0. The molecule has 252 valence electrons. The molecule has 1 fully saturated rings. The largest absolute Gasteiger partial charge is 0.444 e. The van der Waals surface area contributed by atoms with E-state index in [-0.39, 0.29) is 69.0 Å². The third kappa shape index (κ3) is 11.6. The average molecular weight is 658 g/mol. The molecule has 0 atom stereocenters. The number of hydrogen-bond donors (Lipinski definition) is 2. The van der Waals surface area contributed by atoms with Crippen LogP contribution in [0.3, 0.4) is 0 Å². The number of rotatable bonds is 11. The molecule has 1 saturated heterocycles. The van der Waals surface area contributed by atoms with Gasteiger partial charge in [-0.05, 0) is 62.6 Å². The minimum atomic E-state index is -1.16. The number of amides is 4. The van der Waals surface area contributed by atoms with E-state index >= 15 is 0 Å². The highest BCUT2D eigenvalue weighted by Crippen LogP contribution is 2.17.